The number of hydrogen-bond donors (Lipinski definition) is 2. The molecule has 2 aromatic rings. The Morgan fingerprint density at radius 3 is 2.83 bits per heavy atom. The summed E-state index contributed by atoms with van der Waals surface area (Å²) in [5.41, 5.74) is 2.40. The SMILES string of the molecule is CN=C(NCCCCn1ccccc1=O)NCc1ccc(C)cc1OCC1CC1. The van der Waals surface area contributed by atoms with E-state index in [2.05, 4.69) is 40.7 Å². The summed E-state index contributed by atoms with van der Waals surface area (Å²) in [5.74, 6) is 2.47. The van der Waals surface area contributed by atoms with Crippen molar-refractivity contribution in [3.8, 4) is 5.75 Å². The van der Waals surface area contributed by atoms with Crippen LogP contribution in [0.15, 0.2) is 52.4 Å². The average Bonchev–Trinajstić information content (AvgIpc) is 3.55. The predicted molar refractivity (Wildman–Crippen MR) is 118 cm³/mol. The standard InChI is InChI=1S/C23H32N4O2/c1-18-8-11-20(21(15-18)29-17-19-9-10-19)16-26-23(24-2)25-12-4-6-14-27-13-5-3-7-22(27)28/h3,5,7-8,11,13,15,19H,4,6,9-10,12,14,16-17H2,1-2H3,(H2,24,25,26). The van der Waals surface area contributed by atoms with Crippen molar-refractivity contribution >= 4 is 5.96 Å². The van der Waals surface area contributed by atoms with Crippen LogP contribution in [0.2, 0.25) is 0 Å². The molecule has 1 aromatic heterocycles. The monoisotopic (exact) mass is 396 g/mol. The van der Waals surface area contributed by atoms with Crippen molar-refractivity contribution in [1.82, 2.24) is 15.2 Å². The second kappa shape index (κ2) is 10.7. The Bertz CT molecular complexity index is 871. The number of ether oxygens (including phenoxy) is 1. The largest absolute Gasteiger partial charge is 0.493 e. The van der Waals surface area contributed by atoms with Crippen molar-refractivity contribution in [1.29, 1.82) is 0 Å². The van der Waals surface area contributed by atoms with Crippen LogP contribution in [-0.2, 0) is 13.1 Å². The minimum Gasteiger partial charge on any atom is -0.493 e. The molecule has 3 rings (SSSR count). The second-order valence-electron chi connectivity index (χ2n) is 7.66. The molecular formula is C23H32N4O2. The van der Waals surface area contributed by atoms with Gasteiger partial charge in [-0.2, -0.15) is 0 Å². The second-order valence-corrected chi connectivity index (χ2v) is 7.66. The lowest BCUT2D eigenvalue weighted by atomic mass is 10.1. The lowest BCUT2D eigenvalue weighted by Gasteiger charge is -2.15. The number of aryl methyl sites for hydroxylation is 2. The summed E-state index contributed by atoms with van der Waals surface area (Å²) in [4.78, 5) is 16.0. The fourth-order valence-corrected chi connectivity index (χ4v) is 3.09. The molecule has 2 N–H and O–H groups in total. The van der Waals surface area contributed by atoms with Gasteiger partial charge in [-0.25, -0.2) is 0 Å². The zero-order valence-electron chi connectivity index (χ0n) is 17.5. The molecule has 6 heteroatoms. The first kappa shape index (κ1) is 21.0. The molecule has 1 saturated carbocycles. The van der Waals surface area contributed by atoms with Crippen LogP contribution in [0.1, 0.15) is 36.8 Å². The summed E-state index contributed by atoms with van der Waals surface area (Å²) >= 11 is 0. The van der Waals surface area contributed by atoms with Gasteiger partial charge in [0, 0.05) is 44.5 Å². The minimum atomic E-state index is 0.0516. The number of guanidine groups is 1. The van der Waals surface area contributed by atoms with E-state index in [-0.39, 0.29) is 5.56 Å². The molecule has 0 saturated heterocycles. The molecule has 1 fully saturated rings. The third-order valence-corrected chi connectivity index (χ3v) is 5.08. The number of pyridine rings is 1. The Kier molecular flexibility index (Phi) is 7.73. The molecule has 156 valence electrons. The van der Waals surface area contributed by atoms with E-state index in [0.29, 0.717) is 6.54 Å². The molecule has 0 radical (unpaired) electrons. The smallest absolute Gasteiger partial charge is 0.250 e. The van der Waals surface area contributed by atoms with E-state index in [1.54, 1.807) is 23.7 Å². The highest BCUT2D eigenvalue weighted by atomic mass is 16.5. The normalized spacial score (nSPS) is 13.9. The first-order valence-corrected chi connectivity index (χ1v) is 10.5. The zero-order valence-corrected chi connectivity index (χ0v) is 17.5. The Hall–Kier alpha value is -2.76. The Balaban J connectivity index is 1.41. The summed E-state index contributed by atoms with van der Waals surface area (Å²) in [6, 6.07) is 11.6. The van der Waals surface area contributed by atoms with Gasteiger partial charge in [-0.1, -0.05) is 18.2 Å². The van der Waals surface area contributed by atoms with Gasteiger partial charge in [-0.05, 0) is 56.2 Å². The number of benzene rings is 1. The fourth-order valence-electron chi connectivity index (χ4n) is 3.09. The number of rotatable bonds is 10. The van der Waals surface area contributed by atoms with Crippen molar-refractivity contribution in [3.63, 3.8) is 0 Å². The van der Waals surface area contributed by atoms with Gasteiger partial charge >= 0.3 is 0 Å². The molecular weight excluding hydrogens is 364 g/mol. The third kappa shape index (κ3) is 6.97. The molecule has 0 bridgehead atoms. The van der Waals surface area contributed by atoms with Gasteiger partial charge in [0.25, 0.3) is 0 Å². The van der Waals surface area contributed by atoms with E-state index >= 15 is 0 Å². The molecule has 0 atom stereocenters. The van der Waals surface area contributed by atoms with Crippen molar-refractivity contribution in [2.45, 2.75) is 45.7 Å². The van der Waals surface area contributed by atoms with E-state index in [9.17, 15) is 4.79 Å². The fraction of sp³-hybridized carbons (Fsp3) is 0.478. The van der Waals surface area contributed by atoms with Crippen molar-refractivity contribution in [3.05, 3.63) is 64.1 Å². The van der Waals surface area contributed by atoms with Gasteiger partial charge in [-0.3, -0.25) is 9.79 Å². The van der Waals surface area contributed by atoms with Crippen molar-refractivity contribution in [2.75, 3.05) is 20.2 Å². The number of aromatic nitrogens is 1. The van der Waals surface area contributed by atoms with E-state index in [4.69, 9.17) is 4.74 Å². The number of nitrogens with zero attached hydrogens (tertiary/aromatic N) is 2. The summed E-state index contributed by atoms with van der Waals surface area (Å²) in [7, 11) is 1.78. The summed E-state index contributed by atoms with van der Waals surface area (Å²) < 4.78 is 7.79. The highest BCUT2D eigenvalue weighted by molar-refractivity contribution is 5.79. The maximum absolute atomic E-state index is 11.7. The van der Waals surface area contributed by atoms with Crippen LogP contribution >= 0.6 is 0 Å². The first-order valence-electron chi connectivity index (χ1n) is 10.5. The molecule has 1 heterocycles. The van der Waals surface area contributed by atoms with Crippen LogP contribution in [0, 0.1) is 12.8 Å². The highest BCUT2D eigenvalue weighted by Gasteiger charge is 2.22. The van der Waals surface area contributed by atoms with Gasteiger partial charge in [0.15, 0.2) is 5.96 Å². The van der Waals surface area contributed by atoms with Gasteiger partial charge in [0.1, 0.15) is 5.75 Å². The summed E-state index contributed by atoms with van der Waals surface area (Å²) in [6.07, 6.45) is 6.30. The summed E-state index contributed by atoms with van der Waals surface area (Å²) in [6.45, 7) is 5.11. The lowest BCUT2D eigenvalue weighted by Crippen LogP contribution is -2.37. The molecule has 1 aromatic carbocycles. The topological polar surface area (TPSA) is 67.7 Å². The van der Waals surface area contributed by atoms with E-state index in [0.717, 1.165) is 55.7 Å². The van der Waals surface area contributed by atoms with Gasteiger partial charge < -0.3 is 19.9 Å². The van der Waals surface area contributed by atoms with Crippen LogP contribution in [0.25, 0.3) is 0 Å². The molecule has 1 aliphatic carbocycles. The van der Waals surface area contributed by atoms with Crippen molar-refractivity contribution in [2.24, 2.45) is 10.9 Å². The maximum Gasteiger partial charge on any atom is 0.250 e. The molecule has 1 aliphatic rings. The molecule has 0 amide bonds. The quantitative estimate of drug-likeness (QED) is 0.368. The lowest BCUT2D eigenvalue weighted by molar-refractivity contribution is 0.296. The molecule has 0 spiro atoms. The van der Waals surface area contributed by atoms with E-state index < -0.39 is 0 Å². The van der Waals surface area contributed by atoms with Crippen LogP contribution in [0.5, 0.6) is 5.75 Å². The third-order valence-electron chi connectivity index (χ3n) is 5.08. The maximum atomic E-state index is 11.7. The average molecular weight is 397 g/mol. The highest BCUT2D eigenvalue weighted by Crippen LogP contribution is 2.30. The van der Waals surface area contributed by atoms with Crippen LogP contribution < -0.4 is 20.9 Å². The van der Waals surface area contributed by atoms with Gasteiger partial charge in [0.05, 0.1) is 6.61 Å². The Morgan fingerprint density at radius 1 is 1.21 bits per heavy atom. The first-order chi connectivity index (χ1) is 14.2. The minimum absolute atomic E-state index is 0.0516. The number of unbranched alkanes of at least 4 members (excludes halogenated alkanes) is 1. The molecule has 6 nitrogen and oxygen atoms in total. The van der Waals surface area contributed by atoms with Crippen LogP contribution in [0.3, 0.4) is 0 Å². The zero-order chi connectivity index (χ0) is 20.5. The molecule has 0 aliphatic heterocycles. The number of hydrogen-bond acceptors (Lipinski definition) is 3. The molecule has 29 heavy (non-hydrogen) atoms. The van der Waals surface area contributed by atoms with E-state index in [1.807, 2.05) is 12.3 Å². The van der Waals surface area contributed by atoms with Crippen LogP contribution in [-0.4, -0.2) is 30.7 Å². The number of nitrogens with one attached hydrogen (secondary N) is 2. The predicted octanol–water partition coefficient (Wildman–Crippen LogP) is 3.09. The molecule has 0 unspecified atom stereocenters. The Labute approximate surface area is 173 Å². The van der Waals surface area contributed by atoms with Crippen molar-refractivity contribution < 1.29 is 4.74 Å². The van der Waals surface area contributed by atoms with E-state index in [1.165, 1.54) is 18.4 Å². The Morgan fingerprint density at radius 2 is 2.07 bits per heavy atom. The number of aliphatic imine (C=N–C) groups is 1. The van der Waals surface area contributed by atoms with Crippen LogP contribution in [0.4, 0.5) is 0 Å². The van der Waals surface area contributed by atoms with Gasteiger partial charge in [0.2, 0.25) is 5.56 Å². The summed E-state index contributed by atoms with van der Waals surface area (Å²) in [5, 5.41) is 6.71. The van der Waals surface area contributed by atoms with Gasteiger partial charge in [-0.15, -0.1) is 0 Å².